The number of likely N-dealkylation sites (N-methyl/N-ethyl adjacent to an activating group) is 2. The number of carboxylic acid groups (broad SMARTS) is 1. The van der Waals surface area contributed by atoms with Crippen LogP contribution in [0.25, 0.3) is 0 Å². The van der Waals surface area contributed by atoms with Crippen molar-refractivity contribution in [2.75, 3.05) is 27.2 Å². The summed E-state index contributed by atoms with van der Waals surface area (Å²) in [7, 11) is 3.84. The molecule has 1 rings (SSSR count). The van der Waals surface area contributed by atoms with E-state index in [1.165, 1.54) is 0 Å². The molecule has 0 bridgehead atoms. The smallest absolute Gasteiger partial charge is 0.322 e. The Balaban J connectivity index is 2.73. The summed E-state index contributed by atoms with van der Waals surface area (Å²) in [5.74, 6) is -0.732. The molecule has 4 heteroatoms. The van der Waals surface area contributed by atoms with Gasteiger partial charge in [0.25, 0.3) is 0 Å². The zero-order valence-corrected chi connectivity index (χ0v) is 8.74. The van der Waals surface area contributed by atoms with Gasteiger partial charge in [0.15, 0.2) is 0 Å². The number of carboxylic acids is 1. The van der Waals surface area contributed by atoms with Gasteiger partial charge in [0.2, 0.25) is 0 Å². The highest BCUT2D eigenvalue weighted by atomic mass is 16.4. The summed E-state index contributed by atoms with van der Waals surface area (Å²) in [6, 6.07) is -0.363. The second kappa shape index (κ2) is 3.27. The summed E-state index contributed by atoms with van der Waals surface area (Å²) in [6.45, 7) is 5.64. The van der Waals surface area contributed by atoms with Crippen LogP contribution in [-0.2, 0) is 4.79 Å². The quantitative estimate of drug-likeness (QED) is 0.630. The lowest BCUT2D eigenvalue weighted by Crippen LogP contribution is -2.62. The van der Waals surface area contributed by atoms with Crippen LogP contribution in [0.1, 0.15) is 13.8 Å². The Morgan fingerprint density at radius 3 is 2.46 bits per heavy atom. The van der Waals surface area contributed by atoms with Crippen LogP contribution in [-0.4, -0.2) is 59.6 Å². The first kappa shape index (κ1) is 10.5. The summed E-state index contributed by atoms with van der Waals surface area (Å²) in [4.78, 5) is 14.9. The molecular weight excluding hydrogens is 168 g/mol. The van der Waals surface area contributed by atoms with Crippen LogP contribution >= 0.6 is 0 Å². The molecule has 4 nitrogen and oxygen atoms in total. The van der Waals surface area contributed by atoms with Crippen LogP contribution in [0.2, 0.25) is 0 Å². The number of aliphatic carboxylic acids is 1. The molecule has 13 heavy (non-hydrogen) atoms. The molecule has 0 aromatic rings. The summed E-state index contributed by atoms with van der Waals surface area (Å²) in [5, 5.41) is 8.93. The Kier molecular flexibility index (Phi) is 2.63. The zero-order valence-electron chi connectivity index (χ0n) is 8.74. The molecule has 0 aromatic carbocycles. The fraction of sp³-hybridized carbons (Fsp3) is 0.889. The van der Waals surface area contributed by atoms with E-state index in [4.69, 9.17) is 5.11 Å². The maximum absolute atomic E-state index is 10.9. The van der Waals surface area contributed by atoms with Crippen molar-refractivity contribution < 1.29 is 9.90 Å². The molecule has 0 aromatic heterocycles. The molecular formula is C9H18N2O2. The Morgan fingerprint density at radius 1 is 1.46 bits per heavy atom. The fourth-order valence-electron chi connectivity index (χ4n) is 1.75. The topological polar surface area (TPSA) is 43.8 Å². The predicted molar refractivity (Wildman–Crippen MR) is 50.8 cm³/mol. The second-order valence-corrected chi connectivity index (χ2v) is 4.46. The van der Waals surface area contributed by atoms with Gasteiger partial charge in [-0.05, 0) is 27.9 Å². The van der Waals surface area contributed by atoms with Gasteiger partial charge in [0, 0.05) is 18.6 Å². The number of nitrogens with zero attached hydrogens (tertiary/aromatic N) is 2. The molecule has 0 radical (unpaired) electrons. The van der Waals surface area contributed by atoms with Gasteiger partial charge in [0.1, 0.15) is 6.04 Å². The SMILES string of the molecule is CN1CC(C)(C)N(C)CC1C(=O)O. The highest BCUT2D eigenvalue weighted by Crippen LogP contribution is 2.21. The molecule has 76 valence electrons. The lowest BCUT2D eigenvalue weighted by molar-refractivity contribution is -0.147. The van der Waals surface area contributed by atoms with Crippen molar-refractivity contribution in [1.82, 2.24) is 9.80 Å². The lowest BCUT2D eigenvalue weighted by Gasteiger charge is -2.46. The van der Waals surface area contributed by atoms with Crippen LogP contribution in [0, 0.1) is 0 Å². The molecule has 0 spiro atoms. The summed E-state index contributed by atoms with van der Waals surface area (Å²) >= 11 is 0. The van der Waals surface area contributed by atoms with Crippen molar-refractivity contribution in [1.29, 1.82) is 0 Å². The molecule has 0 aliphatic carbocycles. The number of hydrogen-bond donors (Lipinski definition) is 1. The van der Waals surface area contributed by atoms with E-state index in [-0.39, 0.29) is 11.6 Å². The van der Waals surface area contributed by atoms with E-state index < -0.39 is 5.97 Å². The van der Waals surface area contributed by atoms with E-state index in [0.29, 0.717) is 6.54 Å². The van der Waals surface area contributed by atoms with Crippen molar-refractivity contribution in [3.63, 3.8) is 0 Å². The monoisotopic (exact) mass is 186 g/mol. The third-order valence-corrected chi connectivity index (χ3v) is 2.93. The van der Waals surface area contributed by atoms with E-state index in [2.05, 4.69) is 18.7 Å². The Hall–Kier alpha value is -0.610. The maximum Gasteiger partial charge on any atom is 0.322 e. The van der Waals surface area contributed by atoms with Gasteiger partial charge in [-0.1, -0.05) is 0 Å². The Labute approximate surface area is 79.1 Å². The van der Waals surface area contributed by atoms with Gasteiger partial charge in [-0.25, -0.2) is 0 Å². The van der Waals surface area contributed by atoms with E-state index in [1.54, 1.807) is 0 Å². The van der Waals surface area contributed by atoms with Crippen molar-refractivity contribution in [2.45, 2.75) is 25.4 Å². The third-order valence-electron chi connectivity index (χ3n) is 2.93. The molecule has 1 aliphatic heterocycles. The Bertz CT molecular complexity index is 216. The van der Waals surface area contributed by atoms with Gasteiger partial charge in [-0.3, -0.25) is 14.6 Å². The average Bonchev–Trinajstić information content (AvgIpc) is 1.95. The lowest BCUT2D eigenvalue weighted by atomic mass is 9.97. The first-order chi connectivity index (χ1) is 5.84. The molecule has 1 fully saturated rings. The van der Waals surface area contributed by atoms with Gasteiger partial charge in [0.05, 0.1) is 0 Å². The Morgan fingerprint density at radius 2 is 2.00 bits per heavy atom. The summed E-state index contributed by atoms with van der Waals surface area (Å²) in [6.07, 6.45) is 0. The van der Waals surface area contributed by atoms with Crippen molar-refractivity contribution >= 4 is 5.97 Å². The minimum absolute atomic E-state index is 0.0701. The van der Waals surface area contributed by atoms with Crippen LogP contribution in [0.3, 0.4) is 0 Å². The van der Waals surface area contributed by atoms with Gasteiger partial charge >= 0.3 is 5.97 Å². The number of piperazine rings is 1. The van der Waals surface area contributed by atoms with Gasteiger partial charge in [-0.15, -0.1) is 0 Å². The van der Waals surface area contributed by atoms with Crippen molar-refractivity contribution in [3.8, 4) is 0 Å². The molecule has 1 heterocycles. The number of rotatable bonds is 1. The highest BCUT2D eigenvalue weighted by Gasteiger charge is 2.38. The second-order valence-electron chi connectivity index (χ2n) is 4.46. The number of hydrogen-bond acceptors (Lipinski definition) is 3. The predicted octanol–water partition coefficient (Wildman–Crippen LogP) is 0.0954. The summed E-state index contributed by atoms with van der Waals surface area (Å²) < 4.78 is 0. The number of carbonyl (C=O) groups is 1. The molecule has 1 aliphatic rings. The molecule has 0 amide bonds. The average molecular weight is 186 g/mol. The summed E-state index contributed by atoms with van der Waals surface area (Å²) in [5.41, 5.74) is 0.0701. The van der Waals surface area contributed by atoms with E-state index in [0.717, 1.165) is 6.54 Å². The van der Waals surface area contributed by atoms with Gasteiger partial charge in [-0.2, -0.15) is 0 Å². The zero-order chi connectivity index (χ0) is 10.2. The van der Waals surface area contributed by atoms with E-state index in [1.807, 2.05) is 19.0 Å². The molecule has 1 N–H and O–H groups in total. The van der Waals surface area contributed by atoms with Crippen molar-refractivity contribution in [3.05, 3.63) is 0 Å². The first-order valence-corrected chi connectivity index (χ1v) is 4.49. The molecule has 1 atom stereocenters. The maximum atomic E-state index is 10.9. The minimum atomic E-state index is -0.732. The normalized spacial score (nSPS) is 30.3. The third kappa shape index (κ3) is 2.00. The molecule has 1 unspecified atom stereocenters. The van der Waals surface area contributed by atoms with Crippen LogP contribution < -0.4 is 0 Å². The molecule has 1 saturated heterocycles. The molecule has 0 saturated carbocycles. The highest BCUT2D eigenvalue weighted by molar-refractivity contribution is 5.74. The minimum Gasteiger partial charge on any atom is -0.480 e. The van der Waals surface area contributed by atoms with E-state index in [9.17, 15) is 4.79 Å². The van der Waals surface area contributed by atoms with E-state index >= 15 is 0 Å². The van der Waals surface area contributed by atoms with Gasteiger partial charge < -0.3 is 5.11 Å². The van der Waals surface area contributed by atoms with Crippen LogP contribution in [0.4, 0.5) is 0 Å². The standard InChI is InChI=1S/C9H18N2O2/c1-9(2)6-10(3)7(8(12)13)5-11(9)4/h7H,5-6H2,1-4H3,(H,12,13). The van der Waals surface area contributed by atoms with Crippen LogP contribution in [0.15, 0.2) is 0 Å². The largest absolute Gasteiger partial charge is 0.480 e. The fourth-order valence-corrected chi connectivity index (χ4v) is 1.75. The first-order valence-electron chi connectivity index (χ1n) is 4.49. The van der Waals surface area contributed by atoms with Crippen LogP contribution in [0.5, 0.6) is 0 Å². The van der Waals surface area contributed by atoms with Crippen molar-refractivity contribution in [2.24, 2.45) is 0 Å².